The van der Waals surface area contributed by atoms with Gasteiger partial charge in [-0.2, -0.15) is 4.98 Å². The van der Waals surface area contributed by atoms with E-state index in [1.807, 2.05) is 6.92 Å². The van der Waals surface area contributed by atoms with E-state index in [2.05, 4.69) is 34.3 Å². The van der Waals surface area contributed by atoms with E-state index in [0.717, 1.165) is 6.42 Å². The number of nitrogens with one attached hydrogen (secondary N) is 2. The Kier molecular flexibility index (Phi) is 4.94. The van der Waals surface area contributed by atoms with Crippen molar-refractivity contribution in [2.45, 2.75) is 39.8 Å². The molecular weight excluding hydrogens is 323 g/mol. The summed E-state index contributed by atoms with van der Waals surface area (Å²) in [5.41, 5.74) is 1.10. The van der Waals surface area contributed by atoms with E-state index in [1.165, 1.54) is 18.2 Å². The average Bonchev–Trinajstić information content (AvgIpc) is 3.01. The molecule has 3 aromatic rings. The Labute approximate surface area is 144 Å². The van der Waals surface area contributed by atoms with Crippen LogP contribution in [0.15, 0.2) is 33.6 Å². The minimum atomic E-state index is -0.425. The van der Waals surface area contributed by atoms with Crippen molar-refractivity contribution in [2.24, 2.45) is 5.92 Å². The highest BCUT2D eigenvalue weighted by Gasteiger charge is 2.15. The van der Waals surface area contributed by atoms with Crippen LogP contribution in [-0.2, 0) is 13.0 Å². The van der Waals surface area contributed by atoms with Crippen LogP contribution in [0.3, 0.4) is 0 Å². The first-order valence-corrected chi connectivity index (χ1v) is 8.29. The predicted molar refractivity (Wildman–Crippen MR) is 92.6 cm³/mol. The SMILES string of the molecule is CC(C)Cc1noc([C@H](C)NCc2cc(=O)c3cc(F)ccc3[nH]2)n1. The molecule has 1 atom stereocenters. The maximum Gasteiger partial charge on any atom is 0.243 e. The van der Waals surface area contributed by atoms with Crippen LogP contribution in [0.4, 0.5) is 4.39 Å². The Bertz CT molecular complexity index is 932. The monoisotopic (exact) mass is 344 g/mol. The highest BCUT2D eigenvalue weighted by molar-refractivity contribution is 5.78. The second kappa shape index (κ2) is 7.14. The lowest BCUT2D eigenvalue weighted by molar-refractivity contribution is 0.334. The fourth-order valence-corrected chi connectivity index (χ4v) is 2.61. The van der Waals surface area contributed by atoms with Crippen LogP contribution in [0.25, 0.3) is 10.9 Å². The maximum atomic E-state index is 13.3. The molecule has 3 rings (SSSR count). The molecule has 0 spiro atoms. The lowest BCUT2D eigenvalue weighted by atomic mass is 10.1. The van der Waals surface area contributed by atoms with Crippen LogP contribution in [0.5, 0.6) is 0 Å². The third-order valence-electron chi connectivity index (χ3n) is 3.89. The molecule has 0 bridgehead atoms. The molecule has 2 heterocycles. The molecule has 0 saturated carbocycles. The fourth-order valence-electron chi connectivity index (χ4n) is 2.61. The topological polar surface area (TPSA) is 83.8 Å². The molecule has 0 saturated heterocycles. The fraction of sp³-hybridized carbons (Fsp3) is 0.389. The summed E-state index contributed by atoms with van der Waals surface area (Å²) < 4.78 is 18.5. The lowest BCUT2D eigenvalue weighted by Crippen LogP contribution is -2.20. The molecule has 132 valence electrons. The van der Waals surface area contributed by atoms with E-state index in [9.17, 15) is 9.18 Å². The van der Waals surface area contributed by atoms with Crippen molar-refractivity contribution in [1.82, 2.24) is 20.4 Å². The zero-order valence-corrected chi connectivity index (χ0v) is 14.5. The molecule has 1 aromatic carbocycles. The van der Waals surface area contributed by atoms with E-state index in [4.69, 9.17) is 4.52 Å². The molecule has 0 radical (unpaired) electrons. The molecule has 25 heavy (non-hydrogen) atoms. The van der Waals surface area contributed by atoms with Crippen molar-refractivity contribution >= 4 is 10.9 Å². The molecule has 0 fully saturated rings. The van der Waals surface area contributed by atoms with Crippen molar-refractivity contribution in [3.63, 3.8) is 0 Å². The minimum absolute atomic E-state index is 0.152. The molecule has 0 amide bonds. The number of hydrogen-bond acceptors (Lipinski definition) is 5. The number of pyridine rings is 1. The second-order valence-corrected chi connectivity index (χ2v) is 6.60. The Balaban J connectivity index is 1.70. The molecule has 2 aromatic heterocycles. The van der Waals surface area contributed by atoms with Crippen LogP contribution < -0.4 is 10.7 Å². The number of benzene rings is 1. The highest BCUT2D eigenvalue weighted by Crippen LogP contribution is 2.14. The van der Waals surface area contributed by atoms with Crippen molar-refractivity contribution in [3.05, 3.63) is 57.7 Å². The number of aromatic nitrogens is 3. The second-order valence-electron chi connectivity index (χ2n) is 6.60. The van der Waals surface area contributed by atoms with Gasteiger partial charge in [-0.1, -0.05) is 19.0 Å². The van der Waals surface area contributed by atoms with Gasteiger partial charge < -0.3 is 14.8 Å². The third kappa shape index (κ3) is 4.11. The van der Waals surface area contributed by atoms with Crippen molar-refractivity contribution < 1.29 is 8.91 Å². The molecule has 0 aliphatic heterocycles. The standard InChI is InChI=1S/C18H21FN4O2/c1-10(2)6-17-22-18(25-23-17)11(3)20-9-13-8-16(24)14-7-12(19)4-5-15(14)21-13/h4-5,7-8,10-11,20H,6,9H2,1-3H3,(H,21,24)/t11-/m0/s1. The van der Waals surface area contributed by atoms with Crippen LogP contribution in [0.2, 0.25) is 0 Å². The number of H-pyrrole nitrogens is 1. The van der Waals surface area contributed by atoms with Gasteiger partial charge in [0.2, 0.25) is 5.89 Å². The van der Waals surface area contributed by atoms with Gasteiger partial charge in [-0.3, -0.25) is 4.79 Å². The molecule has 0 unspecified atom stereocenters. The van der Waals surface area contributed by atoms with Gasteiger partial charge in [0.05, 0.1) is 6.04 Å². The van der Waals surface area contributed by atoms with Crippen LogP contribution >= 0.6 is 0 Å². The zero-order chi connectivity index (χ0) is 18.0. The van der Waals surface area contributed by atoms with Gasteiger partial charge in [-0.25, -0.2) is 4.39 Å². The predicted octanol–water partition coefficient (Wildman–Crippen LogP) is 3.10. The van der Waals surface area contributed by atoms with Gasteiger partial charge in [-0.05, 0) is 31.0 Å². The van der Waals surface area contributed by atoms with Gasteiger partial charge in [-0.15, -0.1) is 0 Å². The number of hydrogen-bond donors (Lipinski definition) is 2. The number of rotatable bonds is 6. The summed E-state index contributed by atoms with van der Waals surface area (Å²) in [6.07, 6.45) is 0.769. The first-order chi connectivity index (χ1) is 11.9. The van der Waals surface area contributed by atoms with Crippen LogP contribution in [0.1, 0.15) is 44.2 Å². The third-order valence-corrected chi connectivity index (χ3v) is 3.89. The number of fused-ring (bicyclic) bond motifs is 1. The van der Waals surface area contributed by atoms with Gasteiger partial charge in [0.25, 0.3) is 0 Å². The number of aromatic amines is 1. The summed E-state index contributed by atoms with van der Waals surface area (Å²) in [5, 5.41) is 7.56. The van der Waals surface area contributed by atoms with E-state index in [1.54, 1.807) is 6.07 Å². The van der Waals surface area contributed by atoms with Crippen LogP contribution in [0, 0.1) is 11.7 Å². The summed E-state index contributed by atoms with van der Waals surface area (Å²) in [7, 11) is 0. The summed E-state index contributed by atoms with van der Waals surface area (Å²) in [6.45, 7) is 6.53. The largest absolute Gasteiger partial charge is 0.357 e. The van der Waals surface area contributed by atoms with Crippen molar-refractivity contribution in [1.29, 1.82) is 0 Å². The smallest absolute Gasteiger partial charge is 0.243 e. The van der Waals surface area contributed by atoms with E-state index in [0.29, 0.717) is 40.8 Å². The Hall–Kier alpha value is -2.54. The van der Waals surface area contributed by atoms with E-state index in [-0.39, 0.29) is 11.5 Å². The highest BCUT2D eigenvalue weighted by atomic mass is 19.1. The summed E-state index contributed by atoms with van der Waals surface area (Å²) >= 11 is 0. The molecule has 0 aliphatic rings. The zero-order valence-electron chi connectivity index (χ0n) is 14.5. The van der Waals surface area contributed by atoms with E-state index >= 15 is 0 Å². The Morgan fingerprint density at radius 1 is 1.28 bits per heavy atom. The molecule has 6 nitrogen and oxygen atoms in total. The van der Waals surface area contributed by atoms with E-state index < -0.39 is 5.82 Å². The molecule has 7 heteroatoms. The van der Waals surface area contributed by atoms with Gasteiger partial charge in [0, 0.05) is 35.6 Å². The Morgan fingerprint density at radius 3 is 2.84 bits per heavy atom. The quantitative estimate of drug-likeness (QED) is 0.718. The minimum Gasteiger partial charge on any atom is -0.357 e. The maximum absolute atomic E-state index is 13.3. The average molecular weight is 344 g/mol. The van der Waals surface area contributed by atoms with Gasteiger partial charge >= 0.3 is 0 Å². The molecular formula is C18H21FN4O2. The number of halogens is 1. The molecule has 2 N–H and O–H groups in total. The number of nitrogens with zero attached hydrogens (tertiary/aromatic N) is 2. The van der Waals surface area contributed by atoms with Crippen molar-refractivity contribution in [2.75, 3.05) is 0 Å². The Morgan fingerprint density at radius 2 is 2.08 bits per heavy atom. The van der Waals surface area contributed by atoms with Crippen molar-refractivity contribution in [3.8, 4) is 0 Å². The first-order valence-electron chi connectivity index (χ1n) is 8.29. The summed E-state index contributed by atoms with van der Waals surface area (Å²) in [5.74, 6) is 1.24. The van der Waals surface area contributed by atoms with Crippen LogP contribution in [-0.4, -0.2) is 15.1 Å². The summed E-state index contributed by atoms with van der Waals surface area (Å²) in [6, 6.07) is 5.45. The lowest BCUT2D eigenvalue weighted by Gasteiger charge is -2.10. The summed E-state index contributed by atoms with van der Waals surface area (Å²) in [4.78, 5) is 19.6. The van der Waals surface area contributed by atoms with Gasteiger partial charge in [0.1, 0.15) is 5.82 Å². The van der Waals surface area contributed by atoms with Gasteiger partial charge in [0.15, 0.2) is 11.3 Å². The normalized spacial score (nSPS) is 12.8. The first kappa shape index (κ1) is 17.3. The molecule has 0 aliphatic carbocycles.